The Morgan fingerprint density at radius 2 is 2.02 bits per heavy atom. The molecule has 2 aliphatic rings. The van der Waals surface area contributed by atoms with Crippen molar-refractivity contribution in [1.29, 1.82) is 5.26 Å². The highest BCUT2D eigenvalue weighted by Crippen LogP contribution is 2.34. The highest BCUT2D eigenvalue weighted by molar-refractivity contribution is 6.30. The molecule has 1 fully saturated rings. The number of nitrogens with one attached hydrogen (secondary N) is 3. The SMILES string of the molecule is COC(=O)Cc1ccc2c(c1)N[C@@H](C(=O)N1CC[C@@H](O)C1)CCCC[C@H](NC(=O)/C=C/c1cc(Cl)ccc1-n1cnnn1)c1nc(C#N)c-2[nH]1. The summed E-state index contributed by atoms with van der Waals surface area (Å²) in [6, 6.07) is 11.3. The zero-order chi connectivity index (χ0) is 35.2. The molecule has 50 heavy (non-hydrogen) atoms. The zero-order valence-corrected chi connectivity index (χ0v) is 27.9. The molecule has 4 aromatic rings. The minimum Gasteiger partial charge on any atom is -0.469 e. The Bertz CT molecular complexity index is 1950. The molecule has 2 aromatic heterocycles. The molecule has 4 heterocycles. The smallest absolute Gasteiger partial charge is 0.309 e. The second-order valence-electron chi connectivity index (χ2n) is 12.2. The first-order chi connectivity index (χ1) is 24.2. The van der Waals surface area contributed by atoms with Gasteiger partial charge < -0.3 is 30.4 Å². The number of carbonyl (C=O) groups excluding carboxylic acids is 3. The van der Waals surface area contributed by atoms with Crippen LogP contribution >= 0.6 is 11.6 Å². The van der Waals surface area contributed by atoms with Gasteiger partial charge in [0.05, 0.1) is 37.1 Å². The molecule has 4 N–H and O–H groups in total. The van der Waals surface area contributed by atoms with Crippen molar-refractivity contribution in [1.82, 2.24) is 40.4 Å². The number of methoxy groups -OCH3 is 1. The molecule has 258 valence electrons. The molecule has 0 radical (unpaired) electrons. The Balaban J connectivity index is 1.32. The number of nitrogens with zero attached hydrogens (tertiary/aromatic N) is 7. The zero-order valence-electron chi connectivity index (χ0n) is 27.2. The summed E-state index contributed by atoms with van der Waals surface area (Å²) in [7, 11) is 1.31. The molecule has 1 saturated heterocycles. The van der Waals surface area contributed by atoms with E-state index >= 15 is 0 Å². The number of nitriles is 1. The molecule has 2 aromatic carbocycles. The number of fused-ring (bicyclic) bond motifs is 4. The quantitative estimate of drug-likeness (QED) is 0.163. The number of rotatable bonds is 7. The Hall–Kier alpha value is -5.59. The normalized spacial score (nSPS) is 19.1. The van der Waals surface area contributed by atoms with Gasteiger partial charge in [-0.15, -0.1) is 5.10 Å². The highest BCUT2D eigenvalue weighted by atomic mass is 35.5. The molecule has 2 amide bonds. The highest BCUT2D eigenvalue weighted by Gasteiger charge is 2.31. The van der Waals surface area contributed by atoms with E-state index in [1.54, 1.807) is 47.4 Å². The maximum atomic E-state index is 13.8. The monoisotopic (exact) mass is 698 g/mol. The summed E-state index contributed by atoms with van der Waals surface area (Å²) in [6.07, 6.45) is 6.55. The summed E-state index contributed by atoms with van der Waals surface area (Å²) >= 11 is 6.24. The molecule has 16 heteroatoms. The largest absolute Gasteiger partial charge is 0.469 e. The van der Waals surface area contributed by atoms with E-state index in [1.165, 1.54) is 24.2 Å². The third kappa shape index (κ3) is 7.82. The van der Waals surface area contributed by atoms with Crippen molar-refractivity contribution in [2.75, 3.05) is 25.5 Å². The number of benzene rings is 2. The average molecular weight is 699 g/mol. The van der Waals surface area contributed by atoms with Crippen molar-refractivity contribution in [2.45, 2.75) is 56.7 Å². The molecule has 2 aliphatic heterocycles. The van der Waals surface area contributed by atoms with Gasteiger partial charge in [-0.05, 0) is 65.6 Å². The fourth-order valence-corrected chi connectivity index (χ4v) is 6.40. The molecule has 3 atom stereocenters. The third-order valence-electron chi connectivity index (χ3n) is 8.74. The van der Waals surface area contributed by atoms with E-state index in [9.17, 15) is 24.8 Å². The number of hydrogen-bond acceptors (Lipinski definition) is 11. The summed E-state index contributed by atoms with van der Waals surface area (Å²) in [5, 5.41) is 38.5. The van der Waals surface area contributed by atoms with Crippen LogP contribution in [-0.4, -0.2) is 90.3 Å². The fraction of sp³-hybridized carbons (Fsp3) is 0.353. The molecule has 15 nitrogen and oxygen atoms in total. The van der Waals surface area contributed by atoms with E-state index in [-0.39, 0.29) is 24.6 Å². The number of aliphatic hydroxyl groups excluding tert-OH is 1. The average Bonchev–Trinajstić information content (AvgIpc) is 3.89. The number of ether oxygens (including phenoxy) is 1. The number of aromatic nitrogens is 6. The number of tetrazole rings is 1. The molecule has 0 aliphatic carbocycles. The van der Waals surface area contributed by atoms with Crippen LogP contribution in [0.4, 0.5) is 5.69 Å². The third-order valence-corrected chi connectivity index (χ3v) is 8.98. The van der Waals surface area contributed by atoms with Crippen molar-refractivity contribution in [2.24, 2.45) is 0 Å². The van der Waals surface area contributed by atoms with Crippen molar-refractivity contribution in [3.63, 3.8) is 0 Å². The first-order valence-corrected chi connectivity index (χ1v) is 16.5. The minimum absolute atomic E-state index is 0.00967. The Kier molecular flexibility index (Phi) is 10.5. The number of hydrogen-bond donors (Lipinski definition) is 4. The van der Waals surface area contributed by atoms with Crippen molar-refractivity contribution in [3.05, 3.63) is 76.5 Å². The maximum absolute atomic E-state index is 13.8. The molecule has 0 unspecified atom stereocenters. The molecule has 0 saturated carbocycles. The van der Waals surface area contributed by atoms with Crippen LogP contribution in [0.5, 0.6) is 0 Å². The van der Waals surface area contributed by atoms with Crippen LogP contribution in [0, 0.1) is 11.3 Å². The number of halogens is 1. The molecule has 6 rings (SSSR count). The van der Waals surface area contributed by atoms with Gasteiger partial charge >= 0.3 is 5.97 Å². The van der Waals surface area contributed by atoms with Crippen LogP contribution < -0.4 is 10.6 Å². The lowest BCUT2D eigenvalue weighted by Gasteiger charge is -2.27. The topological polar surface area (TPSA) is 204 Å². The predicted octanol–water partition coefficient (Wildman–Crippen LogP) is 3.11. The lowest BCUT2D eigenvalue weighted by molar-refractivity contribution is -0.139. The van der Waals surface area contributed by atoms with Crippen LogP contribution in [-0.2, 0) is 25.5 Å². The van der Waals surface area contributed by atoms with Gasteiger partial charge in [0.15, 0.2) is 5.69 Å². The van der Waals surface area contributed by atoms with Gasteiger partial charge in [0.2, 0.25) is 11.8 Å². The summed E-state index contributed by atoms with van der Waals surface area (Å²) in [5.41, 5.74) is 3.48. The number of aliphatic hydroxyl groups is 1. The number of likely N-dealkylation sites (tertiary alicyclic amines) is 1. The van der Waals surface area contributed by atoms with Crippen LogP contribution in [0.25, 0.3) is 23.0 Å². The second kappa shape index (κ2) is 15.3. The Labute approximate surface area is 292 Å². The molecular formula is C34H35ClN10O5. The van der Waals surface area contributed by atoms with Gasteiger partial charge in [0.25, 0.3) is 0 Å². The number of imidazole rings is 1. The number of β-amino-alcohol motifs (C(OH)–C–C–N with tert-alkyl or cyclic N) is 1. The number of amides is 2. The number of aromatic amines is 1. The van der Waals surface area contributed by atoms with Gasteiger partial charge in [-0.3, -0.25) is 14.4 Å². The van der Waals surface area contributed by atoms with Gasteiger partial charge in [-0.2, -0.15) is 9.94 Å². The number of carbonyl (C=O) groups is 3. The van der Waals surface area contributed by atoms with Gasteiger partial charge in [-0.1, -0.05) is 36.6 Å². The fourth-order valence-electron chi connectivity index (χ4n) is 6.22. The lowest BCUT2D eigenvalue weighted by Crippen LogP contribution is -2.42. The lowest BCUT2D eigenvalue weighted by atomic mass is 9.99. The van der Waals surface area contributed by atoms with Crippen molar-refractivity contribution >= 4 is 41.1 Å². The van der Waals surface area contributed by atoms with E-state index < -0.39 is 30.1 Å². The second-order valence-corrected chi connectivity index (χ2v) is 12.6. The van der Waals surface area contributed by atoms with Crippen molar-refractivity contribution in [3.8, 4) is 23.0 Å². The van der Waals surface area contributed by atoms with Gasteiger partial charge in [0.1, 0.15) is 24.3 Å². The van der Waals surface area contributed by atoms with Gasteiger partial charge in [-0.25, -0.2) is 4.98 Å². The Morgan fingerprint density at radius 3 is 2.76 bits per heavy atom. The van der Waals surface area contributed by atoms with Gasteiger partial charge in [0, 0.05) is 41.0 Å². The molecule has 2 bridgehead atoms. The Morgan fingerprint density at radius 1 is 1.18 bits per heavy atom. The first-order valence-electron chi connectivity index (χ1n) is 16.2. The number of H-pyrrole nitrogens is 1. The number of anilines is 1. The van der Waals surface area contributed by atoms with Crippen molar-refractivity contribution < 1.29 is 24.2 Å². The summed E-state index contributed by atoms with van der Waals surface area (Å²) in [5.74, 6) is -0.575. The van der Waals surface area contributed by atoms with E-state index in [1.807, 2.05) is 0 Å². The van der Waals surface area contributed by atoms with E-state index in [0.29, 0.717) is 83.3 Å². The van der Waals surface area contributed by atoms with E-state index in [0.717, 1.165) is 0 Å². The maximum Gasteiger partial charge on any atom is 0.309 e. The van der Waals surface area contributed by atoms with E-state index in [4.69, 9.17) is 16.3 Å². The number of esters is 1. The van der Waals surface area contributed by atoms with Crippen LogP contribution in [0.3, 0.4) is 0 Å². The molecular weight excluding hydrogens is 664 g/mol. The molecule has 0 spiro atoms. The summed E-state index contributed by atoms with van der Waals surface area (Å²) in [4.78, 5) is 48.8. The van der Waals surface area contributed by atoms with E-state index in [2.05, 4.69) is 42.2 Å². The summed E-state index contributed by atoms with van der Waals surface area (Å²) in [6.45, 7) is 0.701. The summed E-state index contributed by atoms with van der Waals surface area (Å²) < 4.78 is 6.32. The predicted molar refractivity (Wildman–Crippen MR) is 182 cm³/mol. The van der Waals surface area contributed by atoms with Crippen LogP contribution in [0.1, 0.15) is 60.8 Å². The van der Waals surface area contributed by atoms with Crippen LogP contribution in [0.2, 0.25) is 5.02 Å². The standard InChI is InChI=1S/C34H35ClN10O5/c1-50-31(48)15-20-6-9-24-27(14-20)38-26(34(49)44-13-12-23(46)18-44)5-3-2-4-25(33-40-28(17-36)32(24)41-33)39-30(47)11-7-21-16-22(35)8-10-29(21)45-19-37-42-43-45/h6-11,14,16,19,23,25-26,38,46H,2-5,12-13,15,18H2,1H3,(H,39,47)(H,40,41)/b11-7+/t23-,25+,26-/m1/s1. The van der Waals surface area contributed by atoms with Crippen LogP contribution in [0.15, 0.2) is 48.8 Å². The minimum atomic E-state index is -0.650. The first kappa shape index (κ1) is 34.3.